The summed E-state index contributed by atoms with van der Waals surface area (Å²) in [4.78, 5) is 0. The lowest BCUT2D eigenvalue weighted by Crippen LogP contribution is -1.96. The van der Waals surface area contributed by atoms with Gasteiger partial charge in [-0.3, -0.25) is 0 Å². The van der Waals surface area contributed by atoms with Gasteiger partial charge in [0.2, 0.25) is 0 Å². The third kappa shape index (κ3) is 4.13. The average Bonchev–Trinajstić information content (AvgIpc) is 2.15. The summed E-state index contributed by atoms with van der Waals surface area (Å²) in [7, 11) is 1.32. The van der Waals surface area contributed by atoms with Gasteiger partial charge < -0.3 is 4.74 Å². The van der Waals surface area contributed by atoms with Crippen LogP contribution in [0, 0.1) is 6.92 Å². The lowest BCUT2D eigenvalue weighted by molar-refractivity contribution is 0.309. The van der Waals surface area contributed by atoms with Gasteiger partial charge in [0.05, 0.1) is 6.61 Å². The van der Waals surface area contributed by atoms with Crippen molar-refractivity contribution in [3.63, 3.8) is 0 Å². The molecule has 0 aliphatic rings. The lowest BCUT2D eigenvalue weighted by atomic mass is 10.2. The Bertz CT molecular complexity index is 230. The molecule has 1 nitrogen and oxygen atoms in total. The smallest absolute Gasteiger partial charge is 0.119 e. The minimum atomic E-state index is 0.866. The molecule has 0 radical (unpaired) electrons. The number of aryl methyl sites for hydroxylation is 1. The van der Waals surface area contributed by atoms with Crippen LogP contribution in [0.15, 0.2) is 24.3 Å². The fraction of sp³-hybridized carbons (Fsp3) is 0.455. The van der Waals surface area contributed by atoms with E-state index in [9.17, 15) is 0 Å². The molecular weight excluding hydrogens is 176 g/mol. The van der Waals surface area contributed by atoms with Crippen LogP contribution in [0.4, 0.5) is 0 Å². The van der Waals surface area contributed by atoms with Crippen LogP contribution in [0.5, 0.6) is 5.75 Å². The van der Waals surface area contributed by atoms with Crippen molar-refractivity contribution >= 4 is 10.2 Å². The number of ether oxygens (including phenoxy) is 1. The zero-order chi connectivity index (χ0) is 9.52. The minimum absolute atomic E-state index is 0.866. The molecule has 0 amide bonds. The normalized spacial score (nSPS) is 10.2. The summed E-state index contributed by atoms with van der Waals surface area (Å²) >= 11 is 0. The third-order valence-corrected chi connectivity index (χ3v) is 2.74. The first-order chi connectivity index (χ1) is 6.33. The molecule has 1 aromatic carbocycles. The van der Waals surface area contributed by atoms with E-state index in [4.69, 9.17) is 4.74 Å². The van der Waals surface area contributed by atoms with Crippen molar-refractivity contribution in [3.05, 3.63) is 29.8 Å². The van der Waals surface area contributed by atoms with Crippen molar-refractivity contribution in [2.45, 2.75) is 25.8 Å². The second kappa shape index (κ2) is 5.81. The Kier molecular flexibility index (Phi) is 4.61. The third-order valence-electron chi connectivity index (χ3n) is 2.04. The van der Waals surface area contributed by atoms with Gasteiger partial charge in [-0.15, -0.1) is 0 Å². The van der Waals surface area contributed by atoms with E-state index in [2.05, 4.69) is 19.1 Å². The predicted molar refractivity (Wildman–Crippen MR) is 60.7 cm³/mol. The summed E-state index contributed by atoms with van der Waals surface area (Å²) in [6.45, 7) is 2.96. The standard InChI is InChI=1S/C11H18OSi/c1-10-4-6-11(7-5-10)12-8-2-3-9-13/h4-7H,2-3,8-9H2,1,13H3. The molecular formula is C11H18OSi. The van der Waals surface area contributed by atoms with Gasteiger partial charge in [-0.05, 0) is 25.5 Å². The highest BCUT2D eigenvalue weighted by atomic mass is 28.1. The molecule has 0 fully saturated rings. The Morgan fingerprint density at radius 2 is 1.85 bits per heavy atom. The lowest BCUT2D eigenvalue weighted by Gasteiger charge is -2.05. The van der Waals surface area contributed by atoms with Crippen molar-refractivity contribution in [1.29, 1.82) is 0 Å². The Hall–Kier alpha value is -0.763. The topological polar surface area (TPSA) is 9.23 Å². The summed E-state index contributed by atoms with van der Waals surface area (Å²) in [6.07, 6.45) is 2.51. The molecule has 0 atom stereocenters. The van der Waals surface area contributed by atoms with Gasteiger partial charge in [0.1, 0.15) is 5.75 Å². The van der Waals surface area contributed by atoms with E-state index >= 15 is 0 Å². The van der Waals surface area contributed by atoms with Crippen LogP contribution in [-0.4, -0.2) is 16.8 Å². The largest absolute Gasteiger partial charge is 0.494 e. The first-order valence-electron chi connectivity index (χ1n) is 5.02. The molecule has 13 heavy (non-hydrogen) atoms. The summed E-state index contributed by atoms with van der Waals surface area (Å²) in [5.41, 5.74) is 1.28. The molecule has 0 spiro atoms. The Balaban J connectivity index is 2.25. The van der Waals surface area contributed by atoms with Crippen LogP contribution >= 0.6 is 0 Å². The van der Waals surface area contributed by atoms with E-state index in [1.807, 2.05) is 12.1 Å². The highest BCUT2D eigenvalue weighted by Crippen LogP contribution is 2.11. The second-order valence-electron chi connectivity index (χ2n) is 3.37. The summed E-state index contributed by atoms with van der Waals surface area (Å²) < 4.78 is 5.58. The van der Waals surface area contributed by atoms with Crippen LogP contribution in [0.25, 0.3) is 0 Å². The molecule has 0 heterocycles. The summed E-state index contributed by atoms with van der Waals surface area (Å²) in [5, 5.41) is 0. The predicted octanol–water partition coefficient (Wildman–Crippen LogP) is 1.94. The minimum Gasteiger partial charge on any atom is -0.494 e. The van der Waals surface area contributed by atoms with E-state index in [1.54, 1.807) is 0 Å². The SMILES string of the molecule is Cc1ccc(OCCCC[SiH3])cc1. The molecule has 0 bridgehead atoms. The van der Waals surface area contributed by atoms with Crippen molar-refractivity contribution in [2.24, 2.45) is 0 Å². The van der Waals surface area contributed by atoms with Crippen LogP contribution in [0.3, 0.4) is 0 Å². The molecule has 0 aromatic heterocycles. The monoisotopic (exact) mass is 194 g/mol. The number of benzene rings is 1. The maximum atomic E-state index is 5.58. The van der Waals surface area contributed by atoms with E-state index < -0.39 is 0 Å². The van der Waals surface area contributed by atoms with Gasteiger partial charge in [-0.1, -0.05) is 30.2 Å². The molecule has 0 aliphatic carbocycles. The number of hydrogen-bond donors (Lipinski definition) is 0. The van der Waals surface area contributed by atoms with Gasteiger partial charge in [-0.25, -0.2) is 0 Å². The van der Waals surface area contributed by atoms with Gasteiger partial charge in [-0.2, -0.15) is 0 Å². The number of unbranched alkanes of at least 4 members (excludes halogenated alkanes) is 1. The Morgan fingerprint density at radius 3 is 2.46 bits per heavy atom. The van der Waals surface area contributed by atoms with Gasteiger partial charge in [0.25, 0.3) is 0 Å². The molecule has 2 heteroatoms. The van der Waals surface area contributed by atoms with E-state index in [0.717, 1.165) is 12.4 Å². The maximum absolute atomic E-state index is 5.58. The van der Waals surface area contributed by atoms with Crippen LogP contribution in [-0.2, 0) is 0 Å². The fourth-order valence-corrected chi connectivity index (χ4v) is 1.68. The summed E-state index contributed by atoms with van der Waals surface area (Å²) in [5.74, 6) is 0.999. The van der Waals surface area contributed by atoms with Crippen LogP contribution in [0.2, 0.25) is 6.04 Å². The van der Waals surface area contributed by atoms with E-state index in [-0.39, 0.29) is 0 Å². The van der Waals surface area contributed by atoms with Crippen molar-refractivity contribution in [2.75, 3.05) is 6.61 Å². The Morgan fingerprint density at radius 1 is 1.15 bits per heavy atom. The van der Waals surface area contributed by atoms with Crippen molar-refractivity contribution < 1.29 is 4.74 Å². The quantitative estimate of drug-likeness (QED) is 0.514. The molecule has 0 aliphatic heterocycles. The molecule has 0 N–H and O–H groups in total. The van der Waals surface area contributed by atoms with Gasteiger partial charge >= 0.3 is 0 Å². The highest BCUT2D eigenvalue weighted by Gasteiger charge is 1.91. The zero-order valence-corrected chi connectivity index (χ0v) is 10.5. The molecule has 0 saturated carbocycles. The fourth-order valence-electron chi connectivity index (χ4n) is 1.18. The van der Waals surface area contributed by atoms with E-state index in [1.165, 1.54) is 34.7 Å². The molecule has 72 valence electrons. The van der Waals surface area contributed by atoms with Gasteiger partial charge in [0, 0.05) is 10.2 Å². The molecule has 1 aromatic rings. The first-order valence-corrected chi connectivity index (χ1v) is 6.44. The Labute approximate surface area is 83.5 Å². The average molecular weight is 194 g/mol. The number of hydrogen-bond acceptors (Lipinski definition) is 1. The van der Waals surface area contributed by atoms with Gasteiger partial charge in [0.15, 0.2) is 0 Å². The molecule has 0 unspecified atom stereocenters. The van der Waals surface area contributed by atoms with Crippen LogP contribution < -0.4 is 4.74 Å². The van der Waals surface area contributed by atoms with E-state index in [0.29, 0.717) is 0 Å². The second-order valence-corrected chi connectivity index (χ2v) is 4.37. The molecule has 1 rings (SSSR count). The first kappa shape index (κ1) is 10.3. The molecule has 0 saturated heterocycles. The maximum Gasteiger partial charge on any atom is 0.119 e. The highest BCUT2D eigenvalue weighted by molar-refractivity contribution is 6.08. The van der Waals surface area contributed by atoms with Crippen LogP contribution in [0.1, 0.15) is 18.4 Å². The van der Waals surface area contributed by atoms with Crippen molar-refractivity contribution in [3.8, 4) is 5.75 Å². The van der Waals surface area contributed by atoms with Crippen molar-refractivity contribution in [1.82, 2.24) is 0 Å². The zero-order valence-electron chi connectivity index (χ0n) is 8.55. The summed E-state index contributed by atoms with van der Waals surface area (Å²) in [6, 6.07) is 9.63. The number of rotatable bonds is 5.